The van der Waals surface area contributed by atoms with Crippen LogP contribution >= 0.6 is 24.8 Å². The van der Waals surface area contributed by atoms with E-state index >= 15 is 0 Å². The molecular formula is C21H29Cl2N3O. The Kier molecular flexibility index (Phi) is 7.90. The summed E-state index contributed by atoms with van der Waals surface area (Å²) in [7, 11) is 0. The van der Waals surface area contributed by atoms with Gasteiger partial charge in [0, 0.05) is 30.1 Å². The molecule has 0 spiro atoms. The Morgan fingerprint density at radius 2 is 1.85 bits per heavy atom. The Morgan fingerprint density at radius 3 is 2.52 bits per heavy atom. The third-order valence-corrected chi connectivity index (χ3v) is 5.55. The average molecular weight is 410 g/mol. The molecule has 1 N–H and O–H groups in total. The molecular weight excluding hydrogens is 381 g/mol. The zero-order valence-electron chi connectivity index (χ0n) is 15.8. The van der Waals surface area contributed by atoms with Gasteiger partial charge in [-0.15, -0.1) is 24.8 Å². The summed E-state index contributed by atoms with van der Waals surface area (Å²) >= 11 is 0. The van der Waals surface area contributed by atoms with E-state index in [1.807, 2.05) is 29.2 Å². The van der Waals surface area contributed by atoms with Crippen molar-refractivity contribution >= 4 is 41.6 Å². The number of piperidine rings is 1. The minimum Gasteiger partial charge on any atom is -0.339 e. The molecule has 1 aliphatic carbocycles. The van der Waals surface area contributed by atoms with Gasteiger partial charge in [-0.3, -0.25) is 9.78 Å². The SMILES string of the molecule is CCNCC1CCN(C(=O)c2cc(C3CC3)nc3ccccc23)CC1.Cl.Cl. The molecule has 6 heteroatoms. The zero-order valence-corrected chi connectivity index (χ0v) is 17.5. The normalized spacial score (nSPS) is 17.3. The van der Waals surface area contributed by atoms with Crippen molar-refractivity contribution in [2.24, 2.45) is 5.92 Å². The number of amides is 1. The zero-order chi connectivity index (χ0) is 17.2. The number of hydrogen-bond acceptors (Lipinski definition) is 3. The summed E-state index contributed by atoms with van der Waals surface area (Å²) in [5.74, 6) is 1.43. The number of fused-ring (bicyclic) bond motifs is 1. The molecule has 1 aromatic heterocycles. The van der Waals surface area contributed by atoms with Crippen LogP contribution in [0.2, 0.25) is 0 Å². The Bertz CT molecular complexity index is 771. The second kappa shape index (κ2) is 9.72. The maximum absolute atomic E-state index is 13.2. The van der Waals surface area contributed by atoms with Gasteiger partial charge in [0.05, 0.1) is 11.1 Å². The lowest BCUT2D eigenvalue weighted by atomic mass is 9.95. The van der Waals surface area contributed by atoms with E-state index in [2.05, 4.69) is 18.3 Å². The van der Waals surface area contributed by atoms with Crippen molar-refractivity contribution < 1.29 is 4.79 Å². The molecule has 1 saturated carbocycles. The number of pyridine rings is 1. The number of carbonyl (C=O) groups excluding carboxylic acids is 1. The van der Waals surface area contributed by atoms with Crippen molar-refractivity contribution in [3.05, 3.63) is 41.6 Å². The average Bonchev–Trinajstić information content (AvgIpc) is 3.50. The molecule has 0 atom stereocenters. The van der Waals surface area contributed by atoms with E-state index in [1.54, 1.807) is 0 Å². The number of nitrogens with zero attached hydrogens (tertiary/aromatic N) is 2. The summed E-state index contributed by atoms with van der Waals surface area (Å²) < 4.78 is 0. The van der Waals surface area contributed by atoms with Gasteiger partial charge in [0.1, 0.15) is 0 Å². The Morgan fingerprint density at radius 1 is 1.15 bits per heavy atom. The lowest BCUT2D eigenvalue weighted by Gasteiger charge is -2.32. The van der Waals surface area contributed by atoms with Gasteiger partial charge in [0.15, 0.2) is 0 Å². The molecule has 1 amide bonds. The molecule has 2 fully saturated rings. The molecule has 0 unspecified atom stereocenters. The molecule has 1 aliphatic heterocycles. The highest BCUT2D eigenvalue weighted by Crippen LogP contribution is 2.40. The largest absolute Gasteiger partial charge is 0.339 e. The quantitative estimate of drug-likeness (QED) is 0.794. The first kappa shape index (κ1) is 21.9. The van der Waals surface area contributed by atoms with Gasteiger partial charge in [0.2, 0.25) is 0 Å². The summed E-state index contributed by atoms with van der Waals surface area (Å²) in [6, 6.07) is 10.1. The van der Waals surface area contributed by atoms with Crippen LogP contribution in [0.4, 0.5) is 0 Å². The van der Waals surface area contributed by atoms with Crippen LogP contribution in [0.15, 0.2) is 30.3 Å². The van der Waals surface area contributed by atoms with Crippen molar-refractivity contribution in [1.82, 2.24) is 15.2 Å². The molecule has 148 valence electrons. The first-order valence-corrected chi connectivity index (χ1v) is 9.66. The molecule has 2 heterocycles. The monoisotopic (exact) mass is 409 g/mol. The summed E-state index contributed by atoms with van der Waals surface area (Å²) in [6.45, 7) is 5.97. The third-order valence-electron chi connectivity index (χ3n) is 5.55. The van der Waals surface area contributed by atoms with Gasteiger partial charge < -0.3 is 10.2 Å². The maximum Gasteiger partial charge on any atom is 0.254 e. The summed E-state index contributed by atoms with van der Waals surface area (Å²) in [6.07, 6.45) is 4.60. The molecule has 0 radical (unpaired) electrons. The van der Waals surface area contributed by atoms with Crippen LogP contribution in [0.3, 0.4) is 0 Å². The standard InChI is InChI=1S/C21H27N3O.2ClH/c1-2-22-14-15-9-11-24(12-10-15)21(25)18-13-20(16-7-8-16)23-19-6-4-3-5-17(18)19;;/h3-6,13,15-16,22H,2,7-12,14H2,1H3;2*1H. The number of rotatable bonds is 5. The number of carbonyl (C=O) groups is 1. The Hall–Kier alpha value is -1.36. The van der Waals surface area contributed by atoms with E-state index in [0.29, 0.717) is 11.8 Å². The second-order valence-corrected chi connectivity index (χ2v) is 7.43. The van der Waals surface area contributed by atoms with Crippen LogP contribution in [-0.4, -0.2) is 42.0 Å². The molecule has 2 aromatic rings. The van der Waals surface area contributed by atoms with Crippen molar-refractivity contribution in [1.29, 1.82) is 0 Å². The van der Waals surface area contributed by atoms with Gasteiger partial charge >= 0.3 is 0 Å². The van der Waals surface area contributed by atoms with E-state index in [1.165, 1.54) is 12.8 Å². The summed E-state index contributed by atoms with van der Waals surface area (Å²) in [5, 5.41) is 4.43. The minimum absolute atomic E-state index is 0. The van der Waals surface area contributed by atoms with E-state index in [-0.39, 0.29) is 30.7 Å². The van der Waals surface area contributed by atoms with Crippen LogP contribution in [0.1, 0.15) is 54.6 Å². The maximum atomic E-state index is 13.2. The number of likely N-dealkylation sites (tertiary alicyclic amines) is 1. The Balaban J connectivity index is 0.00000131. The number of nitrogens with one attached hydrogen (secondary N) is 1. The fraction of sp³-hybridized carbons (Fsp3) is 0.524. The minimum atomic E-state index is 0. The highest BCUT2D eigenvalue weighted by Gasteiger charge is 2.29. The van der Waals surface area contributed by atoms with Gasteiger partial charge in [-0.05, 0) is 56.8 Å². The molecule has 4 rings (SSSR count). The van der Waals surface area contributed by atoms with Gasteiger partial charge in [0.25, 0.3) is 5.91 Å². The van der Waals surface area contributed by atoms with Gasteiger partial charge in [-0.1, -0.05) is 25.1 Å². The van der Waals surface area contributed by atoms with Crippen LogP contribution < -0.4 is 5.32 Å². The van der Waals surface area contributed by atoms with Crippen LogP contribution in [-0.2, 0) is 0 Å². The predicted molar refractivity (Wildman–Crippen MR) is 115 cm³/mol. The number of para-hydroxylation sites is 1. The lowest BCUT2D eigenvalue weighted by molar-refractivity contribution is 0.0692. The van der Waals surface area contributed by atoms with Crippen molar-refractivity contribution in [3.63, 3.8) is 0 Å². The molecule has 0 bridgehead atoms. The first-order valence-electron chi connectivity index (χ1n) is 9.66. The number of benzene rings is 1. The van der Waals surface area contributed by atoms with Crippen molar-refractivity contribution in [2.75, 3.05) is 26.2 Å². The smallest absolute Gasteiger partial charge is 0.254 e. The lowest BCUT2D eigenvalue weighted by Crippen LogP contribution is -2.40. The number of aromatic nitrogens is 1. The fourth-order valence-corrected chi connectivity index (χ4v) is 3.82. The molecule has 4 nitrogen and oxygen atoms in total. The first-order chi connectivity index (χ1) is 12.3. The third kappa shape index (κ3) is 4.92. The van der Waals surface area contributed by atoms with Gasteiger partial charge in [-0.2, -0.15) is 0 Å². The van der Waals surface area contributed by atoms with E-state index in [0.717, 1.165) is 61.2 Å². The Labute approximate surface area is 173 Å². The highest BCUT2D eigenvalue weighted by molar-refractivity contribution is 6.06. The van der Waals surface area contributed by atoms with Gasteiger partial charge in [-0.25, -0.2) is 0 Å². The van der Waals surface area contributed by atoms with Crippen LogP contribution in [0.25, 0.3) is 10.9 Å². The summed E-state index contributed by atoms with van der Waals surface area (Å²) in [5.41, 5.74) is 2.90. The van der Waals surface area contributed by atoms with Crippen molar-refractivity contribution in [3.8, 4) is 0 Å². The molecule has 1 aromatic carbocycles. The van der Waals surface area contributed by atoms with E-state index < -0.39 is 0 Å². The van der Waals surface area contributed by atoms with E-state index in [9.17, 15) is 4.79 Å². The van der Waals surface area contributed by atoms with Crippen molar-refractivity contribution in [2.45, 2.75) is 38.5 Å². The molecule has 27 heavy (non-hydrogen) atoms. The van der Waals surface area contributed by atoms with Crippen LogP contribution in [0.5, 0.6) is 0 Å². The summed E-state index contributed by atoms with van der Waals surface area (Å²) in [4.78, 5) is 20.0. The molecule has 1 saturated heterocycles. The van der Waals surface area contributed by atoms with Crippen LogP contribution in [0, 0.1) is 5.92 Å². The number of halogens is 2. The topological polar surface area (TPSA) is 45.2 Å². The fourth-order valence-electron chi connectivity index (χ4n) is 3.82. The number of hydrogen-bond donors (Lipinski definition) is 1. The predicted octanol–water partition coefficient (Wildman–Crippen LogP) is 4.42. The molecule has 2 aliphatic rings. The van der Waals surface area contributed by atoms with E-state index in [4.69, 9.17) is 4.98 Å². The second-order valence-electron chi connectivity index (χ2n) is 7.43. The highest BCUT2D eigenvalue weighted by atomic mass is 35.5.